The fourth-order valence-corrected chi connectivity index (χ4v) is 4.97. The van der Waals surface area contributed by atoms with Crippen LogP contribution in [0.5, 0.6) is 0 Å². The number of aromatic nitrogens is 5. The first kappa shape index (κ1) is 28.0. The van der Waals surface area contributed by atoms with E-state index < -0.39 is 23.3 Å². The van der Waals surface area contributed by atoms with E-state index in [0.29, 0.717) is 16.8 Å². The second kappa shape index (κ2) is 10.6. The molecule has 0 aliphatic heterocycles. The normalized spacial score (nSPS) is 13.3. The van der Waals surface area contributed by atoms with Crippen molar-refractivity contribution in [3.63, 3.8) is 0 Å². The maximum Gasteiger partial charge on any atom is 0.416 e. The summed E-state index contributed by atoms with van der Waals surface area (Å²) in [5.74, 6) is -0.338. The van der Waals surface area contributed by atoms with Crippen LogP contribution in [-0.2, 0) is 6.18 Å². The lowest BCUT2D eigenvalue weighted by Gasteiger charge is -2.18. The molecule has 0 saturated heterocycles. The molecular weight excluding hydrogens is 559 g/mol. The topological polar surface area (TPSA) is 115 Å². The van der Waals surface area contributed by atoms with Crippen molar-refractivity contribution in [2.75, 3.05) is 10.6 Å². The fraction of sp³-hybridized carbons (Fsp3) is 0.226. The van der Waals surface area contributed by atoms with E-state index in [0.717, 1.165) is 53.2 Å². The number of hydrogen-bond donors (Lipinski definition) is 2. The van der Waals surface area contributed by atoms with E-state index in [1.54, 1.807) is 30.6 Å². The number of carbonyl (C=O) groups excluding carboxylic acids is 1. The zero-order chi connectivity index (χ0) is 30.5. The number of hydrogen-bond acceptors (Lipinski definition) is 7. The summed E-state index contributed by atoms with van der Waals surface area (Å²) in [4.78, 5) is 44.0. The van der Waals surface area contributed by atoms with Crippen LogP contribution in [0.3, 0.4) is 0 Å². The van der Waals surface area contributed by atoms with Gasteiger partial charge in [-0.15, -0.1) is 0 Å². The lowest BCUT2D eigenvalue weighted by Crippen LogP contribution is -2.26. The van der Waals surface area contributed by atoms with Crippen LogP contribution in [0.2, 0.25) is 0 Å². The summed E-state index contributed by atoms with van der Waals surface area (Å²) in [6, 6.07) is 11.1. The molecule has 12 heteroatoms. The van der Waals surface area contributed by atoms with Crippen molar-refractivity contribution >= 4 is 34.3 Å². The Hall–Kier alpha value is -5.13. The number of amides is 1. The molecule has 9 nitrogen and oxygen atoms in total. The summed E-state index contributed by atoms with van der Waals surface area (Å²) >= 11 is 0. The van der Waals surface area contributed by atoms with Crippen molar-refractivity contribution in [1.29, 1.82) is 0 Å². The Labute approximate surface area is 243 Å². The van der Waals surface area contributed by atoms with Crippen molar-refractivity contribution in [1.82, 2.24) is 24.5 Å². The molecule has 2 N–H and O–H groups in total. The SMILES string of the molecule is Cc1cc(C)c(Nc2ncc3c(C4CC4)n(-c4cc(NC(=O)c5cccc(C(F)(F)F)c5)ccc4C)c(=O)nc3n2)cn1. The molecule has 43 heavy (non-hydrogen) atoms. The highest BCUT2D eigenvalue weighted by atomic mass is 19.4. The van der Waals surface area contributed by atoms with Crippen LogP contribution < -0.4 is 16.3 Å². The Morgan fingerprint density at radius 3 is 2.47 bits per heavy atom. The highest BCUT2D eigenvalue weighted by molar-refractivity contribution is 6.04. The van der Waals surface area contributed by atoms with Crippen LogP contribution in [0.1, 0.15) is 57.2 Å². The highest BCUT2D eigenvalue weighted by Gasteiger charge is 2.32. The van der Waals surface area contributed by atoms with Crippen LogP contribution in [0.25, 0.3) is 16.7 Å². The van der Waals surface area contributed by atoms with E-state index in [1.807, 2.05) is 26.8 Å². The van der Waals surface area contributed by atoms with Gasteiger partial charge in [0.25, 0.3) is 5.91 Å². The van der Waals surface area contributed by atoms with Crippen LogP contribution in [0.15, 0.2) is 65.7 Å². The van der Waals surface area contributed by atoms with Gasteiger partial charge in [-0.25, -0.2) is 9.78 Å². The number of aryl methyl sites for hydroxylation is 3. The zero-order valence-corrected chi connectivity index (χ0v) is 23.5. The predicted octanol–water partition coefficient (Wildman–Crippen LogP) is 6.39. The van der Waals surface area contributed by atoms with E-state index in [-0.39, 0.29) is 23.1 Å². The number of carbonyl (C=O) groups is 1. The number of halogens is 3. The molecule has 3 heterocycles. The summed E-state index contributed by atoms with van der Waals surface area (Å²) < 4.78 is 41.0. The monoisotopic (exact) mass is 585 g/mol. The maximum absolute atomic E-state index is 13.6. The highest BCUT2D eigenvalue weighted by Crippen LogP contribution is 2.43. The Morgan fingerprint density at radius 2 is 1.74 bits per heavy atom. The molecule has 0 bridgehead atoms. The van der Waals surface area contributed by atoms with E-state index >= 15 is 0 Å². The van der Waals surface area contributed by atoms with Crippen LogP contribution in [-0.4, -0.2) is 30.4 Å². The summed E-state index contributed by atoms with van der Waals surface area (Å²) in [6.07, 6.45) is 0.511. The van der Waals surface area contributed by atoms with Crippen LogP contribution in [0.4, 0.5) is 30.5 Å². The van der Waals surface area contributed by atoms with Crippen molar-refractivity contribution in [3.8, 4) is 5.69 Å². The Morgan fingerprint density at radius 1 is 0.953 bits per heavy atom. The van der Waals surface area contributed by atoms with E-state index in [4.69, 9.17) is 0 Å². The second-order valence-corrected chi connectivity index (χ2v) is 10.6. The third kappa shape index (κ3) is 5.68. The molecule has 0 radical (unpaired) electrons. The Balaban J connectivity index is 1.37. The molecule has 2 aromatic carbocycles. The molecule has 1 saturated carbocycles. The average molecular weight is 586 g/mol. The number of nitrogens with one attached hydrogen (secondary N) is 2. The Bertz CT molecular complexity index is 1970. The van der Waals surface area contributed by atoms with Gasteiger partial charge in [-0.1, -0.05) is 12.1 Å². The predicted molar refractivity (Wildman–Crippen MR) is 156 cm³/mol. The van der Waals surface area contributed by atoms with Gasteiger partial charge in [-0.3, -0.25) is 14.3 Å². The standard InChI is InChI=1S/C31H26F3N7O2/c1-16-7-10-22(37-28(42)20-5-4-6-21(12-20)31(32,33)34)13-25(16)41-26(19-8-9-19)23-14-36-29(39-27(23)40-30(41)43)38-24-15-35-18(3)11-17(24)2/h4-7,10-15,19H,8-9H2,1-3H3,(H,37,42)(H,38,39,40,43). The van der Waals surface area contributed by atoms with Crippen molar-refractivity contribution in [3.05, 3.63) is 105 Å². The summed E-state index contributed by atoms with van der Waals surface area (Å²) in [6.45, 7) is 5.67. The smallest absolute Gasteiger partial charge is 0.323 e. The maximum atomic E-state index is 13.6. The molecule has 3 aromatic heterocycles. The summed E-state index contributed by atoms with van der Waals surface area (Å²) in [7, 11) is 0. The minimum atomic E-state index is -4.58. The number of rotatable bonds is 6. The molecule has 1 aliphatic rings. The van der Waals surface area contributed by atoms with Gasteiger partial charge in [-0.05, 0) is 81.1 Å². The largest absolute Gasteiger partial charge is 0.416 e. The van der Waals surface area contributed by atoms with E-state index in [9.17, 15) is 22.8 Å². The summed E-state index contributed by atoms with van der Waals surface area (Å²) in [5, 5.41) is 6.43. The number of nitrogens with zero attached hydrogens (tertiary/aromatic N) is 5. The minimum absolute atomic E-state index is 0.0897. The van der Waals surface area contributed by atoms with Gasteiger partial charge in [0.15, 0.2) is 5.65 Å². The first-order valence-electron chi connectivity index (χ1n) is 13.6. The molecule has 0 spiro atoms. The molecule has 1 amide bonds. The first-order chi connectivity index (χ1) is 20.5. The zero-order valence-electron chi connectivity index (χ0n) is 23.5. The van der Waals surface area contributed by atoms with Gasteiger partial charge in [0, 0.05) is 34.8 Å². The molecule has 6 rings (SSSR count). The number of anilines is 3. The molecule has 0 atom stereocenters. The van der Waals surface area contributed by atoms with Crippen molar-refractivity contribution in [2.45, 2.75) is 45.7 Å². The third-order valence-corrected chi connectivity index (χ3v) is 7.30. The van der Waals surface area contributed by atoms with Crippen molar-refractivity contribution in [2.24, 2.45) is 0 Å². The molecule has 1 aliphatic carbocycles. The average Bonchev–Trinajstić information content (AvgIpc) is 3.80. The Kier molecular flexibility index (Phi) is 6.91. The second-order valence-electron chi connectivity index (χ2n) is 10.6. The number of fused-ring (bicyclic) bond motifs is 1. The third-order valence-electron chi connectivity index (χ3n) is 7.30. The number of alkyl halides is 3. The van der Waals surface area contributed by atoms with Gasteiger partial charge in [0.2, 0.25) is 5.95 Å². The van der Waals surface area contributed by atoms with Crippen molar-refractivity contribution < 1.29 is 18.0 Å². The van der Waals surface area contributed by atoms with Gasteiger partial charge in [-0.2, -0.15) is 23.1 Å². The lowest BCUT2D eigenvalue weighted by molar-refractivity contribution is -0.137. The lowest BCUT2D eigenvalue weighted by atomic mass is 10.1. The molecule has 5 aromatic rings. The molecular formula is C31H26F3N7O2. The van der Waals surface area contributed by atoms with Gasteiger partial charge in [0.05, 0.1) is 28.5 Å². The number of pyridine rings is 1. The van der Waals surface area contributed by atoms with Crippen LogP contribution >= 0.6 is 0 Å². The molecule has 1 fully saturated rings. The van der Waals surface area contributed by atoms with Crippen LogP contribution in [0, 0.1) is 20.8 Å². The van der Waals surface area contributed by atoms with E-state index in [2.05, 4.69) is 30.6 Å². The number of benzene rings is 2. The van der Waals surface area contributed by atoms with Gasteiger partial charge in [0.1, 0.15) is 0 Å². The quantitative estimate of drug-likeness (QED) is 0.237. The first-order valence-corrected chi connectivity index (χ1v) is 13.6. The van der Waals surface area contributed by atoms with E-state index in [1.165, 1.54) is 16.7 Å². The van der Waals surface area contributed by atoms with Gasteiger partial charge >= 0.3 is 11.9 Å². The molecule has 218 valence electrons. The van der Waals surface area contributed by atoms with Gasteiger partial charge < -0.3 is 10.6 Å². The fourth-order valence-electron chi connectivity index (χ4n) is 4.97. The minimum Gasteiger partial charge on any atom is -0.323 e. The molecule has 0 unspecified atom stereocenters. The summed E-state index contributed by atoms with van der Waals surface area (Å²) in [5.41, 5.74) is 3.51.